The predicted molar refractivity (Wildman–Crippen MR) is 237 cm³/mol. The van der Waals surface area contributed by atoms with Crippen LogP contribution in [-0.4, -0.2) is 16.4 Å². The van der Waals surface area contributed by atoms with E-state index < -0.39 is 60.4 Å². The average molecular weight is 961 g/mol. The van der Waals surface area contributed by atoms with Crippen molar-refractivity contribution in [1.29, 1.82) is 0 Å². The molecule has 2 aromatic heterocycles. The summed E-state index contributed by atoms with van der Waals surface area (Å²) in [7, 11) is 0. The molecule has 0 spiro atoms. The largest absolute Gasteiger partial charge is 0.510 e. The van der Waals surface area contributed by atoms with Crippen molar-refractivity contribution in [3.8, 4) is 45.1 Å². The van der Waals surface area contributed by atoms with Gasteiger partial charge in [-0.2, -0.15) is 18.2 Å². The van der Waals surface area contributed by atoms with Gasteiger partial charge >= 0.3 is 6.85 Å². The first kappa shape index (κ1) is 27.5. The van der Waals surface area contributed by atoms with Gasteiger partial charge in [0.1, 0.15) is 5.82 Å². The zero-order chi connectivity index (χ0) is 47.8. The standard InChI is InChI=1S/C52H34BN5O.Pt/c1-3-17-38(18-4-1)44-25-15-26-45(39-19-5-2-6-20-39)51(44)56-37-55(47-28-7-8-29-48(47)56)40-21-13-23-42(35-40)59-43-24-14-22-41(36-43)58-50-31-10-9-30-49(50)57-34-12-11-32-53(57)46-27-16-33-54-52(46)58;/h1-34H;/q-2;/i1D,2D,3D,4D,5D,6D,17D,18D,19D,20D;. The second-order valence-electron chi connectivity index (χ2n) is 13.7. The fraction of sp³-hybridized carbons (Fsp3) is 0. The molecule has 0 N–H and O–H groups in total. The third-order valence-electron chi connectivity index (χ3n) is 10.3. The van der Waals surface area contributed by atoms with Gasteiger partial charge < -0.3 is 19.0 Å². The van der Waals surface area contributed by atoms with Gasteiger partial charge in [0, 0.05) is 38.8 Å². The normalized spacial score (nSPS) is 15.0. The first-order chi connectivity index (χ1) is 33.4. The van der Waals surface area contributed by atoms with Gasteiger partial charge in [0.25, 0.3) is 6.33 Å². The molecule has 0 amide bonds. The maximum Gasteiger partial charge on any atom is 0.323 e. The van der Waals surface area contributed by atoms with Crippen LogP contribution in [0.3, 0.4) is 0 Å². The smallest absolute Gasteiger partial charge is 0.323 e. The van der Waals surface area contributed by atoms with E-state index in [9.17, 15) is 0 Å². The molecule has 8 heteroatoms. The topological polar surface area (TPSA) is 37.4 Å². The number of imidazole rings is 1. The molecule has 11 rings (SSSR count). The first-order valence-electron chi connectivity index (χ1n) is 23.9. The van der Waals surface area contributed by atoms with Crippen LogP contribution in [0.15, 0.2) is 206 Å². The number of benzene rings is 7. The molecule has 0 aliphatic carbocycles. The number of ether oxygens (including phenoxy) is 1. The second kappa shape index (κ2) is 15.9. The van der Waals surface area contributed by atoms with E-state index in [4.69, 9.17) is 23.4 Å². The van der Waals surface area contributed by atoms with Crippen LogP contribution in [0.2, 0.25) is 0 Å². The van der Waals surface area contributed by atoms with Crippen molar-refractivity contribution in [2.75, 3.05) is 9.71 Å². The van der Waals surface area contributed by atoms with Crippen LogP contribution >= 0.6 is 0 Å². The maximum absolute atomic E-state index is 9.00. The Morgan fingerprint density at radius 1 is 0.633 bits per heavy atom. The Kier molecular flexibility index (Phi) is 7.26. The van der Waals surface area contributed by atoms with Crippen LogP contribution in [0.5, 0.6) is 11.5 Å². The van der Waals surface area contributed by atoms with Crippen molar-refractivity contribution in [2.45, 2.75) is 0 Å². The Morgan fingerprint density at radius 2 is 1.28 bits per heavy atom. The van der Waals surface area contributed by atoms with Crippen LogP contribution in [0.25, 0.3) is 44.7 Å². The molecule has 6 nitrogen and oxygen atoms in total. The van der Waals surface area contributed by atoms with Crippen LogP contribution in [0, 0.1) is 18.5 Å². The molecule has 0 saturated carbocycles. The van der Waals surface area contributed by atoms with Crippen LogP contribution in [0.4, 0.5) is 22.9 Å². The van der Waals surface area contributed by atoms with Gasteiger partial charge in [0.15, 0.2) is 0 Å². The predicted octanol–water partition coefficient (Wildman–Crippen LogP) is 10.9. The Bertz CT molecular complexity index is 3470. The van der Waals surface area contributed by atoms with E-state index in [-0.39, 0.29) is 55.9 Å². The monoisotopic (exact) mass is 960 g/mol. The van der Waals surface area contributed by atoms with Crippen molar-refractivity contribution >= 4 is 46.2 Å². The minimum absolute atomic E-state index is 0. The molecule has 4 heterocycles. The van der Waals surface area contributed by atoms with Gasteiger partial charge in [0.2, 0.25) is 0 Å². The van der Waals surface area contributed by atoms with E-state index in [0.717, 1.165) is 22.7 Å². The number of rotatable bonds is 7. The summed E-state index contributed by atoms with van der Waals surface area (Å²) in [6.07, 6.45) is 11.3. The molecule has 9 aromatic rings. The van der Waals surface area contributed by atoms with Gasteiger partial charge in [-0.05, 0) is 63.9 Å². The van der Waals surface area contributed by atoms with Crippen molar-refractivity contribution < 1.29 is 44.1 Å². The van der Waals surface area contributed by atoms with Crippen LogP contribution in [-0.2, 0) is 21.1 Å². The van der Waals surface area contributed by atoms with Crippen molar-refractivity contribution in [1.82, 2.24) is 9.55 Å². The second-order valence-corrected chi connectivity index (χ2v) is 13.7. The summed E-state index contributed by atoms with van der Waals surface area (Å²) in [5.74, 6) is 3.66. The molecule has 0 radical (unpaired) electrons. The number of pyridine rings is 1. The van der Waals surface area contributed by atoms with Crippen molar-refractivity contribution in [3.63, 3.8) is 0 Å². The Labute approximate surface area is 378 Å². The molecule has 2 aliphatic heterocycles. The minimum Gasteiger partial charge on any atom is -0.510 e. The third kappa shape index (κ3) is 6.54. The molecule has 0 atom stereocenters. The van der Waals surface area contributed by atoms with Crippen LogP contribution in [0.1, 0.15) is 13.7 Å². The molecule has 0 bridgehead atoms. The van der Waals surface area contributed by atoms with Gasteiger partial charge in [-0.25, -0.2) is 4.98 Å². The number of aromatic nitrogens is 3. The average Bonchev–Trinajstić information content (AvgIpc) is 3.71. The summed E-state index contributed by atoms with van der Waals surface area (Å²) in [5.41, 5.74) is 5.40. The molecule has 7 aromatic carbocycles. The molecule has 60 heavy (non-hydrogen) atoms. The number of fused-ring (bicyclic) bond motifs is 6. The Hall–Kier alpha value is -7.21. The van der Waals surface area contributed by atoms with E-state index in [1.807, 2.05) is 66.7 Å². The number of nitrogens with zero attached hydrogens (tertiary/aromatic N) is 5. The number of hydrogen-bond acceptors (Lipinski definition) is 4. The Morgan fingerprint density at radius 3 is 2.03 bits per heavy atom. The third-order valence-corrected chi connectivity index (χ3v) is 10.3. The van der Waals surface area contributed by atoms with Gasteiger partial charge in [-0.15, -0.1) is 30.3 Å². The van der Waals surface area contributed by atoms with Crippen LogP contribution < -0.4 is 24.5 Å². The summed E-state index contributed by atoms with van der Waals surface area (Å²) in [6.45, 7) is -0.0811. The first-order valence-corrected chi connectivity index (χ1v) is 18.9. The zero-order valence-corrected chi connectivity index (χ0v) is 33.7. The molecule has 0 saturated heterocycles. The number of hydrogen-bond donors (Lipinski definition) is 0. The van der Waals surface area contributed by atoms with Crippen molar-refractivity contribution in [3.05, 3.63) is 225 Å². The Balaban J connectivity index is 0.00000567. The summed E-state index contributed by atoms with van der Waals surface area (Å²) < 4.78 is 96.7. The summed E-state index contributed by atoms with van der Waals surface area (Å²) in [5, 5.41) is 0. The molecular formula is C52H34BN5OPt-2. The molecule has 288 valence electrons. The van der Waals surface area contributed by atoms with Gasteiger partial charge in [-0.1, -0.05) is 139 Å². The quantitative estimate of drug-likeness (QED) is 0.0906. The molecule has 0 fully saturated rings. The fourth-order valence-electron chi connectivity index (χ4n) is 7.77. The SMILES string of the molecule is [2H]c1c([2H])c([2H])c(-c2cccc(-c3c([2H])c([2H])c([2H])c([2H])c3[2H])c2-[n+]2[c-]n(-c3[c-]c(Oc4[c-]c(N5c6ccccc6N6C=CC=CB6c6cccnc65)ccc4)ccc3)c3ccccc32)c([2H])c1[2H].[Pt]. The van der Waals surface area contributed by atoms with Crippen molar-refractivity contribution in [2.24, 2.45) is 0 Å². The number of allylic oxidation sites excluding steroid dienone is 2. The molecular weight excluding hydrogens is 916 g/mol. The summed E-state index contributed by atoms with van der Waals surface area (Å²) in [4.78, 5) is 9.21. The van der Waals surface area contributed by atoms with E-state index in [1.165, 1.54) is 0 Å². The van der Waals surface area contributed by atoms with Gasteiger partial charge in [-0.3, -0.25) is 4.57 Å². The van der Waals surface area contributed by atoms with E-state index in [2.05, 4.69) is 58.5 Å². The van der Waals surface area contributed by atoms with E-state index in [0.29, 0.717) is 33.9 Å². The molecule has 0 unspecified atom stereocenters. The maximum atomic E-state index is 9.00. The summed E-state index contributed by atoms with van der Waals surface area (Å²) in [6, 6.07) is 36.8. The van der Waals surface area contributed by atoms with Gasteiger partial charge in [0.05, 0.1) is 41.8 Å². The molecule has 2 aliphatic rings. The fourth-order valence-corrected chi connectivity index (χ4v) is 7.77. The number of anilines is 4. The number of para-hydroxylation sites is 5. The summed E-state index contributed by atoms with van der Waals surface area (Å²) >= 11 is 0. The zero-order valence-electron chi connectivity index (χ0n) is 41.4. The minimum atomic E-state index is -0.574. The van der Waals surface area contributed by atoms with E-state index in [1.54, 1.807) is 57.8 Å². The van der Waals surface area contributed by atoms with E-state index >= 15 is 0 Å².